The summed E-state index contributed by atoms with van der Waals surface area (Å²) in [6, 6.07) is 1.27. The smallest absolute Gasteiger partial charge is 0.318 e. The zero-order valence-corrected chi connectivity index (χ0v) is 13.2. The SMILES string of the molecule is CCC(C)N(CC(=O)O)S(=O)(=O)c1sccc1Br. The molecule has 102 valence electrons. The van der Waals surface area contributed by atoms with E-state index in [1.54, 1.807) is 18.4 Å². The molecule has 1 heterocycles. The number of aliphatic carboxylic acids is 1. The molecule has 0 aliphatic rings. The maximum Gasteiger partial charge on any atom is 0.318 e. The minimum atomic E-state index is -3.77. The van der Waals surface area contributed by atoms with E-state index < -0.39 is 22.5 Å². The number of carbonyl (C=O) groups is 1. The molecule has 1 N–H and O–H groups in total. The second-order valence-electron chi connectivity index (χ2n) is 3.76. The summed E-state index contributed by atoms with van der Waals surface area (Å²) in [6.45, 7) is 2.99. The Morgan fingerprint density at radius 2 is 2.22 bits per heavy atom. The lowest BCUT2D eigenvalue weighted by Crippen LogP contribution is -2.41. The van der Waals surface area contributed by atoms with Crippen molar-refractivity contribution in [3.8, 4) is 0 Å². The zero-order valence-electron chi connectivity index (χ0n) is 9.96. The molecule has 0 amide bonds. The fourth-order valence-corrected chi connectivity index (χ4v) is 5.47. The van der Waals surface area contributed by atoms with Crippen LogP contribution in [0.1, 0.15) is 20.3 Å². The quantitative estimate of drug-likeness (QED) is 0.849. The Labute approximate surface area is 119 Å². The van der Waals surface area contributed by atoms with Crippen molar-refractivity contribution >= 4 is 43.3 Å². The first-order valence-corrected chi connectivity index (χ1v) is 8.38. The van der Waals surface area contributed by atoms with Gasteiger partial charge in [0.05, 0.1) is 0 Å². The fourth-order valence-electron chi connectivity index (χ4n) is 1.39. The van der Waals surface area contributed by atoms with E-state index in [4.69, 9.17) is 5.11 Å². The van der Waals surface area contributed by atoms with Crippen molar-refractivity contribution in [2.24, 2.45) is 0 Å². The predicted octanol–water partition coefficient (Wildman–Crippen LogP) is 2.38. The average molecular weight is 356 g/mol. The number of hydrogen-bond acceptors (Lipinski definition) is 4. The van der Waals surface area contributed by atoms with Gasteiger partial charge in [0.25, 0.3) is 10.0 Å². The molecule has 0 aliphatic heterocycles. The maximum absolute atomic E-state index is 12.4. The Balaban J connectivity index is 3.20. The van der Waals surface area contributed by atoms with Gasteiger partial charge in [-0.2, -0.15) is 4.31 Å². The molecule has 0 saturated heterocycles. The number of carboxylic acids is 1. The Bertz CT molecular complexity index is 526. The molecular weight excluding hydrogens is 342 g/mol. The first-order chi connectivity index (χ1) is 8.30. The molecule has 1 atom stereocenters. The molecule has 1 rings (SSSR count). The van der Waals surface area contributed by atoms with Crippen molar-refractivity contribution in [1.82, 2.24) is 4.31 Å². The number of carboxylic acid groups (broad SMARTS) is 1. The van der Waals surface area contributed by atoms with Gasteiger partial charge in [-0.25, -0.2) is 8.42 Å². The van der Waals surface area contributed by atoms with Crippen LogP contribution >= 0.6 is 27.3 Å². The van der Waals surface area contributed by atoms with Gasteiger partial charge in [-0.1, -0.05) is 6.92 Å². The van der Waals surface area contributed by atoms with Crippen LogP contribution in [0.4, 0.5) is 0 Å². The Hall–Kier alpha value is -0.440. The molecule has 0 saturated carbocycles. The van der Waals surface area contributed by atoms with Crippen LogP contribution < -0.4 is 0 Å². The van der Waals surface area contributed by atoms with E-state index in [0.717, 1.165) is 15.6 Å². The predicted molar refractivity (Wildman–Crippen MR) is 73.3 cm³/mol. The van der Waals surface area contributed by atoms with E-state index in [1.807, 2.05) is 6.92 Å². The van der Waals surface area contributed by atoms with Crippen LogP contribution in [0.3, 0.4) is 0 Å². The van der Waals surface area contributed by atoms with Crippen LogP contribution in [0.15, 0.2) is 20.1 Å². The zero-order chi connectivity index (χ0) is 13.9. The van der Waals surface area contributed by atoms with Crippen LogP contribution in [-0.4, -0.2) is 36.4 Å². The lowest BCUT2D eigenvalue weighted by Gasteiger charge is -2.25. The first-order valence-electron chi connectivity index (χ1n) is 5.27. The molecule has 0 spiro atoms. The number of halogens is 1. The Kier molecular flexibility index (Phi) is 5.32. The standard InChI is InChI=1S/C10H14BrNO4S2/c1-3-7(2)12(6-9(13)14)18(15,16)10-8(11)4-5-17-10/h4-5,7H,3,6H2,1-2H3,(H,13,14). The van der Waals surface area contributed by atoms with Crippen molar-refractivity contribution in [3.63, 3.8) is 0 Å². The van der Waals surface area contributed by atoms with E-state index in [0.29, 0.717) is 10.9 Å². The summed E-state index contributed by atoms with van der Waals surface area (Å²) < 4.78 is 26.4. The molecular formula is C10H14BrNO4S2. The third-order valence-electron chi connectivity index (χ3n) is 2.50. The summed E-state index contributed by atoms with van der Waals surface area (Å²) in [5.41, 5.74) is 0. The van der Waals surface area contributed by atoms with E-state index in [9.17, 15) is 13.2 Å². The summed E-state index contributed by atoms with van der Waals surface area (Å²) in [6.07, 6.45) is 0.551. The third kappa shape index (κ3) is 3.31. The fraction of sp³-hybridized carbons (Fsp3) is 0.500. The molecule has 0 fully saturated rings. The highest BCUT2D eigenvalue weighted by atomic mass is 79.9. The molecule has 0 bridgehead atoms. The van der Waals surface area contributed by atoms with Gasteiger partial charge in [0, 0.05) is 10.5 Å². The average Bonchev–Trinajstić information content (AvgIpc) is 2.71. The summed E-state index contributed by atoms with van der Waals surface area (Å²) in [5, 5.41) is 10.5. The number of hydrogen-bond donors (Lipinski definition) is 1. The summed E-state index contributed by atoms with van der Waals surface area (Å²) >= 11 is 4.24. The molecule has 5 nitrogen and oxygen atoms in total. The van der Waals surface area contributed by atoms with Gasteiger partial charge in [0.2, 0.25) is 0 Å². The van der Waals surface area contributed by atoms with E-state index >= 15 is 0 Å². The third-order valence-corrected chi connectivity index (χ3v) is 7.11. The Morgan fingerprint density at radius 3 is 2.61 bits per heavy atom. The largest absolute Gasteiger partial charge is 0.480 e. The van der Waals surface area contributed by atoms with E-state index in [-0.39, 0.29) is 10.3 Å². The van der Waals surface area contributed by atoms with Crippen LogP contribution in [0.5, 0.6) is 0 Å². The summed E-state index contributed by atoms with van der Waals surface area (Å²) in [4.78, 5) is 10.8. The monoisotopic (exact) mass is 355 g/mol. The molecule has 1 unspecified atom stereocenters. The highest BCUT2D eigenvalue weighted by Crippen LogP contribution is 2.31. The van der Waals surface area contributed by atoms with E-state index in [1.165, 1.54) is 0 Å². The van der Waals surface area contributed by atoms with Gasteiger partial charge >= 0.3 is 5.97 Å². The number of thiophene rings is 1. The molecule has 0 radical (unpaired) electrons. The van der Waals surface area contributed by atoms with Crippen LogP contribution in [0.2, 0.25) is 0 Å². The highest BCUT2D eigenvalue weighted by Gasteiger charge is 2.32. The molecule has 0 aromatic carbocycles. The number of rotatable bonds is 6. The van der Waals surface area contributed by atoms with Gasteiger partial charge in [0.1, 0.15) is 10.8 Å². The second-order valence-corrected chi connectivity index (χ2v) is 7.61. The van der Waals surface area contributed by atoms with Crippen LogP contribution in [-0.2, 0) is 14.8 Å². The molecule has 0 aliphatic carbocycles. The first kappa shape index (κ1) is 15.6. The topological polar surface area (TPSA) is 74.7 Å². The van der Waals surface area contributed by atoms with Crippen LogP contribution in [0.25, 0.3) is 0 Å². The van der Waals surface area contributed by atoms with Crippen molar-refractivity contribution in [2.45, 2.75) is 30.5 Å². The molecule has 1 aromatic heterocycles. The van der Waals surface area contributed by atoms with E-state index in [2.05, 4.69) is 15.9 Å². The highest BCUT2D eigenvalue weighted by molar-refractivity contribution is 9.10. The van der Waals surface area contributed by atoms with Gasteiger partial charge < -0.3 is 5.11 Å². The van der Waals surface area contributed by atoms with Crippen molar-refractivity contribution < 1.29 is 18.3 Å². The number of sulfonamides is 1. The normalized spacial score (nSPS) is 13.8. The summed E-state index contributed by atoms with van der Waals surface area (Å²) in [5.74, 6) is -1.16. The minimum Gasteiger partial charge on any atom is -0.480 e. The molecule has 8 heteroatoms. The molecule has 1 aromatic rings. The minimum absolute atomic E-state index is 0.143. The lowest BCUT2D eigenvalue weighted by molar-refractivity contribution is -0.137. The lowest BCUT2D eigenvalue weighted by atomic mass is 10.2. The second kappa shape index (κ2) is 6.14. The summed E-state index contributed by atoms with van der Waals surface area (Å²) in [7, 11) is -3.77. The van der Waals surface area contributed by atoms with Crippen molar-refractivity contribution in [3.05, 3.63) is 15.9 Å². The maximum atomic E-state index is 12.4. The Morgan fingerprint density at radius 1 is 1.61 bits per heavy atom. The van der Waals surface area contributed by atoms with Gasteiger partial charge in [-0.05, 0) is 40.7 Å². The van der Waals surface area contributed by atoms with Crippen LogP contribution in [0, 0.1) is 0 Å². The van der Waals surface area contributed by atoms with Gasteiger partial charge in [0.15, 0.2) is 0 Å². The van der Waals surface area contributed by atoms with Gasteiger partial charge in [-0.3, -0.25) is 4.79 Å². The van der Waals surface area contributed by atoms with Crippen molar-refractivity contribution in [1.29, 1.82) is 0 Å². The molecule has 18 heavy (non-hydrogen) atoms. The number of nitrogens with zero attached hydrogens (tertiary/aromatic N) is 1. The van der Waals surface area contributed by atoms with Crippen molar-refractivity contribution in [2.75, 3.05) is 6.54 Å². The van der Waals surface area contributed by atoms with Gasteiger partial charge in [-0.15, -0.1) is 11.3 Å².